The lowest BCUT2D eigenvalue weighted by Crippen LogP contribution is -2.33. The summed E-state index contributed by atoms with van der Waals surface area (Å²) in [5, 5.41) is 10.9. The minimum absolute atomic E-state index is 0.0194. The number of aliphatic hydroxyl groups excluding tert-OH is 1. The molecule has 3 N–H and O–H groups in total. The molecule has 0 aromatic heterocycles. The van der Waals surface area contributed by atoms with Crippen LogP contribution in [-0.4, -0.2) is 11.7 Å². The fraction of sp³-hybridized carbons (Fsp3) is 0.538. The smallest absolute Gasteiger partial charge is 0.0835 e. The molecule has 0 saturated heterocycles. The molecule has 0 bridgehead atoms. The van der Waals surface area contributed by atoms with Crippen LogP contribution < -0.4 is 5.73 Å². The van der Waals surface area contributed by atoms with E-state index < -0.39 is 6.10 Å². The van der Waals surface area contributed by atoms with Crippen LogP contribution in [-0.2, 0) is 0 Å². The van der Waals surface area contributed by atoms with E-state index in [1.165, 1.54) is 0 Å². The molecule has 2 atom stereocenters. The lowest BCUT2D eigenvalue weighted by Gasteiger charge is -2.33. The van der Waals surface area contributed by atoms with Crippen molar-refractivity contribution in [3.8, 4) is 0 Å². The average Bonchev–Trinajstić information content (AvgIpc) is 2.16. The van der Waals surface area contributed by atoms with Crippen LogP contribution in [0.1, 0.15) is 32.4 Å². The van der Waals surface area contributed by atoms with Gasteiger partial charge in [-0.3, -0.25) is 0 Å². The van der Waals surface area contributed by atoms with Gasteiger partial charge in [0.2, 0.25) is 0 Å². The van der Waals surface area contributed by atoms with Gasteiger partial charge in [-0.05, 0) is 29.7 Å². The standard InChI is InChI=1S/C13H20ClNO/c1-13(2,3)11(8-15)12(16)9-5-4-6-10(14)7-9/h4-7,11-12,16H,8,15H2,1-3H3. The van der Waals surface area contributed by atoms with Crippen LogP contribution in [0.3, 0.4) is 0 Å². The van der Waals surface area contributed by atoms with Gasteiger partial charge >= 0.3 is 0 Å². The van der Waals surface area contributed by atoms with Gasteiger partial charge in [0.15, 0.2) is 0 Å². The maximum Gasteiger partial charge on any atom is 0.0835 e. The van der Waals surface area contributed by atoms with Gasteiger partial charge in [-0.25, -0.2) is 0 Å². The molecule has 3 heteroatoms. The number of aliphatic hydroxyl groups is 1. The zero-order valence-corrected chi connectivity index (χ0v) is 10.8. The molecular weight excluding hydrogens is 222 g/mol. The summed E-state index contributed by atoms with van der Waals surface area (Å²) in [6.45, 7) is 6.70. The third kappa shape index (κ3) is 3.21. The number of benzene rings is 1. The first kappa shape index (κ1) is 13.5. The van der Waals surface area contributed by atoms with Gasteiger partial charge in [0.25, 0.3) is 0 Å². The number of halogens is 1. The van der Waals surface area contributed by atoms with E-state index >= 15 is 0 Å². The van der Waals surface area contributed by atoms with E-state index in [2.05, 4.69) is 20.8 Å². The summed E-state index contributed by atoms with van der Waals surface area (Å²) in [5.74, 6) is 0.0194. The zero-order valence-electron chi connectivity index (χ0n) is 10.1. The van der Waals surface area contributed by atoms with Gasteiger partial charge < -0.3 is 10.8 Å². The lowest BCUT2D eigenvalue weighted by atomic mass is 9.75. The molecule has 0 radical (unpaired) electrons. The van der Waals surface area contributed by atoms with Gasteiger partial charge in [0.05, 0.1) is 6.10 Å². The SMILES string of the molecule is CC(C)(C)C(CN)C(O)c1cccc(Cl)c1. The Morgan fingerprint density at radius 2 is 2.00 bits per heavy atom. The van der Waals surface area contributed by atoms with Gasteiger partial charge in [-0.2, -0.15) is 0 Å². The Balaban J connectivity index is 2.96. The first-order valence-corrected chi connectivity index (χ1v) is 5.87. The fourth-order valence-corrected chi connectivity index (χ4v) is 2.08. The maximum atomic E-state index is 10.3. The van der Waals surface area contributed by atoms with Crippen LogP contribution in [0.15, 0.2) is 24.3 Å². The van der Waals surface area contributed by atoms with Gasteiger partial charge in [0.1, 0.15) is 0 Å². The largest absolute Gasteiger partial charge is 0.388 e. The first-order chi connectivity index (χ1) is 7.36. The first-order valence-electron chi connectivity index (χ1n) is 5.50. The van der Waals surface area contributed by atoms with Crippen molar-refractivity contribution < 1.29 is 5.11 Å². The fourth-order valence-electron chi connectivity index (χ4n) is 1.88. The van der Waals surface area contributed by atoms with Gasteiger partial charge in [-0.1, -0.05) is 44.5 Å². The highest BCUT2D eigenvalue weighted by Gasteiger charge is 2.30. The second-order valence-corrected chi connectivity index (χ2v) is 5.64. The molecule has 0 aliphatic carbocycles. The Labute approximate surface area is 102 Å². The molecule has 2 unspecified atom stereocenters. The topological polar surface area (TPSA) is 46.2 Å². The number of nitrogens with two attached hydrogens (primary N) is 1. The molecular formula is C13H20ClNO. The summed E-state index contributed by atoms with van der Waals surface area (Å²) >= 11 is 5.91. The highest BCUT2D eigenvalue weighted by atomic mass is 35.5. The van der Waals surface area contributed by atoms with E-state index in [1.807, 2.05) is 12.1 Å². The number of hydrogen-bond donors (Lipinski definition) is 2. The Morgan fingerprint density at radius 3 is 2.44 bits per heavy atom. The van der Waals surface area contributed by atoms with Crippen molar-refractivity contribution in [2.24, 2.45) is 17.1 Å². The normalized spacial score (nSPS) is 15.9. The predicted molar refractivity (Wildman–Crippen MR) is 68.4 cm³/mol. The van der Waals surface area contributed by atoms with E-state index in [-0.39, 0.29) is 11.3 Å². The number of rotatable bonds is 3. The molecule has 1 rings (SSSR count). The van der Waals surface area contributed by atoms with E-state index in [9.17, 15) is 5.11 Å². The molecule has 0 aliphatic heterocycles. The Hall–Kier alpha value is -0.570. The molecule has 0 amide bonds. The monoisotopic (exact) mass is 241 g/mol. The average molecular weight is 242 g/mol. The second-order valence-electron chi connectivity index (χ2n) is 5.21. The third-order valence-corrected chi connectivity index (χ3v) is 3.17. The summed E-state index contributed by atoms with van der Waals surface area (Å²) in [6.07, 6.45) is -0.566. The van der Waals surface area contributed by atoms with Crippen molar-refractivity contribution in [3.63, 3.8) is 0 Å². The van der Waals surface area contributed by atoms with Gasteiger partial charge in [-0.15, -0.1) is 0 Å². The van der Waals surface area contributed by atoms with Crippen molar-refractivity contribution in [2.45, 2.75) is 26.9 Å². The number of hydrogen-bond acceptors (Lipinski definition) is 2. The van der Waals surface area contributed by atoms with Crippen molar-refractivity contribution in [3.05, 3.63) is 34.9 Å². The van der Waals surface area contributed by atoms with Crippen LogP contribution in [0.25, 0.3) is 0 Å². The highest BCUT2D eigenvalue weighted by Crippen LogP contribution is 2.36. The van der Waals surface area contributed by atoms with E-state index in [4.69, 9.17) is 17.3 Å². The third-order valence-electron chi connectivity index (χ3n) is 2.94. The minimum Gasteiger partial charge on any atom is -0.388 e. The van der Waals surface area contributed by atoms with E-state index in [0.29, 0.717) is 11.6 Å². The summed E-state index contributed by atoms with van der Waals surface area (Å²) in [7, 11) is 0. The van der Waals surface area contributed by atoms with Crippen LogP contribution in [0.4, 0.5) is 0 Å². The van der Waals surface area contributed by atoms with Crippen molar-refractivity contribution >= 4 is 11.6 Å². The lowest BCUT2D eigenvalue weighted by molar-refractivity contribution is 0.0472. The zero-order chi connectivity index (χ0) is 12.3. The maximum absolute atomic E-state index is 10.3. The Bertz CT molecular complexity index is 346. The minimum atomic E-state index is -0.566. The van der Waals surface area contributed by atoms with Crippen molar-refractivity contribution in [1.82, 2.24) is 0 Å². The molecule has 1 aromatic rings. The van der Waals surface area contributed by atoms with Crippen molar-refractivity contribution in [2.75, 3.05) is 6.54 Å². The van der Waals surface area contributed by atoms with Crippen LogP contribution >= 0.6 is 11.6 Å². The molecule has 0 spiro atoms. The molecule has 0 aliphatic rings. The predicted octanol–water partition coefficient (Wildman–Crippen LogP) is 2.99. The molecule has 0 heterocycles. The Kier molecular flexibility index (Phi) is 4.36. The molecule has 16 heavy (non-hydrogen) atoms. The quantitative estimate of drug-likeness (QED) is 0.855. The molecule has 2 nitrogen and oxygen atoms in total. The highest BCUT2D eigenvalue weighted by molar-refractivity contribution is 6.30. The summed E-state index contributed by atoms with van der Waals surface area (Å²) in [4.78, 5) is 0. The van der Waals surface area contributed by atoms with Crippen LogP contribution in [0.2, 0.25) is 5.02 Å². The Morgan fingerprint density at radius 1 is 1.38 bits per heavy atom. The summed E-state index contributed by atoms with van der Waals surface area (Å²) in [5.41, 5.74) is 6.54. The van der Waals surface area contributed by atoms with Crippen LogP contribution in [0, 0.1) is 11.3 Å². The summed E-state index contributed by atoms with van der Waals surface area (Å²) in [6, 6.07) is 7.31. The van der Waals surface area contributed by atoms with Crippen LogP contribution in [0.5, 0.6) is 0 Å². The molecule has 0 saturated carbocycles. The van der Waals surface area contributed by atoms with Gasteiger partial charge in [0, 0.05) is 10.9 Å². The summed E-state index contributed by atoms with van der Waals surface area (Å²) < 4.78 is 0. The molecule has 0 fully saturated rings. The second kappa shape index (κ2) is 5.17. The van der Waals surface area contributed by atoms with E-state index in [1.54, 1.807) is 12.1 Å². The van der Waals surface area contributed by atoms with Crippen molar-refractivity contribution in [1.29, 1.82) is 0 Å². The molecule has 90 valence electrons. The van der Waals surface area contributed by atoms with E-state index in [0.717, 1.165) is 5.56 Å². The molecule has 1 aromatic carbocycles.